The molecular weight excluding hydrogens is 452 g/mol. The van der Waals surface area contributed by atoms with Gasteiger partial charge in [0.25, 0.3) is 0 Å². The monoisotopic (exact) mass is 490 g/mol. The van der Waals surface area contributed by atoms with Crippen LogP contribution in [0.5, 0.6) is 5.75 Å². The lowest BCUT2D eigenvalue weighted by Crippen LogP contribution is -2.53. The van der Waals surface area contributed by atoms with Gasteiger partial charge < -0.3 is 19.9 Å². The van der Waals surface area contributed by atoms with Gasteiger partial charge in [0, 0.05) is 57.8 Å². The molecule has 1 saturated carbocycles. The highest BCUT2D eigenvalue weighted by Gasteiger charge is 2.46. The molecule has 2 heterocycles. The molecule has 0 spiro atoms. The number of carbonyl (C=O) groups excluding carboxylic acids is 2. The maximum atomic E-state index is 13.6. The first kappa shape index (κ1) is 24.8. The van der Waals surface area contributed by atoms with E-state index in [9.17, 15) is 9.59 Å². The van der Waals surface area contributed by atoms with Crippen LogP contribution in [0.1, 0.15) is 36.0 Å². The molecule has 1 aliphatic carbocycles. The van der Waals surface area contributed by atoms with E-state index in [1.165, 1.54) is 16.7 Å². The summed E-state index contributed by atoms with van der Waals surface area (Å²) < 4.78 is 5.46. The molecule has 2 unspecified atom stereocenters. The van der Waals surface area contributed by atoms with Crippen LogP contribution in [0.2, 0.25) is 0 Å². The van der Waals surface area contributed by atoms with E-state index in [-0.39, 0.29) is 29.8 Å². The van der Waals surface area contributed by atoms with Gasteiger partial charge in [-0.05, 0) is 49.4 Å². The van der Waals surface area contributed by atoms with Crippen molar-refractivity contribution in [3.63, 3.8) is 0 Å². The van der Waals surface area contributed by atoms with Crippen molar-refractivity contribution in [1.82, 2.24) is 20.0 Å². The third kappa shape index (κ3) is 5.73. The molecule has 2 aromatic rings. The highest BCUT2D eigenvalue weighted by atomic mass is 16.5. The number of nitrogens with zero attached hydrogens (tertiary/aromatic N) is 3. The van der Waals surface area contributed by atoms with Crippen molar-refractivity contribution in [2.75, 3.05) is 39.8 Å². The molecule has 2 aliphatic heterocycles. The Balaban J connectivity index is 1.40. The van der Waals surface area contributed by atoms with Crippen LogP contribution in [0.25, 0.3) is 0 Å². The van der Waals surface area contributed by atoms with Crippen LogP contribution in [0, 0.1) is 12.8 Å². The first-order valence-electron chi connectivity index (χ1n) is 13.2. The molecule has 0 radical (unpaired) electrons. The average molecular weight is 491 g/mol. The van der Waals surface area contributed by atoms with E-state index in [1.54, 1.807) is 7.11 Å². The molecule has 2 atom stereocenters. The van der Waals surface area contributed by atoms with Crippen molar-refractivity contribution < 1.29 is 14.3 Å². The van der Waals surface area contributed by atoms with E-state index in [0.29, 0.717) is 26.1 Å². The number of rotatable bonds is 8. The summed E-state index contributed by atoms with van der Waals surface area (Å²) in [7, 11) is 1.69. The van der Waals surface area contributed by atoms with Gasteiger partial charge in [-0.1, -0.05) is 42.0 Å². The lowest BCUT2D eigenvalue weighted by Gasteiger charge is -2.32. The first-order chi connectivity index (χ1) is 17.5. The number of carbonyl (C=O) groups is 2. The molecule has 2 amide bonds. The second kappa shape index (κ2) is 11.0. The molecule has 2 aromatic carbocycles. The van der Waals surface area contributed by atoms with Crippen LogP contribution < -0.4 is 10.1 Å². The summed E-state index contributed by atoms with van der Waals surface area (Å²) in [6, 6.07) is 16.6. The van der Waals surface area contributed by atoms with Crippen molar-refractivity contribution in [3.05, 3.63) is 65.2 Å². The molecule has 36 heavy (non-hydrogen) atoms. The van der Waals surface area contributed by atoms with Crippen LogP contribution >= 0.6 is 0 Å². The maximum Gasteiger partial charge on any atom is 0.245 e. The van der Waals surface area contributed by atoms with E-state index in [1.807, 2.05) is 21.9 Å². The third-order valence-corrected chi connectivity index (χ3v) is 7.74. The normalized spacial score (nSPS) is 22.2. The minimum Gasteiger partial charge on any atom is -0.497 e. The van der Waals surface area contributed by atoms with Gasteiger partial charge in [-0.15, -0.1) is 0 Å². The second-order valence-corrected chi connectivity index (χ2v) is 10.5. The highest BCUT2D eigenvalue weighted by Crippen LogP contribution is 2.35. The number of aryl methyl sites for hydroxylation is 1. The zero-order chi connectivity index (χ0) is 25.1. The van der Waals surface area contributed by atoms with Gasteiger partial charge in [0.15, 0.2) is 0 Å². The largest absolute Gasteiger partial charge is 0.497 e. The van der Waals surface area contributed by atoms with E-state index < -0.39 is 0 Å². The van der Waals surface area contributed by atoms with Crippen LogP contribution in [0.3, 0.4) is 0 Å². The van der Waals surface area contributed by atoms with Gasteiger partial charge in [-0.3, -0.25) is 14.5 Å². The first-order valence-corrected chi connectivity index (χ1v) is 13.2. The molecule has 1 N–H and O–H groups in total. The predicted octanol–water partition coefficient (Wildman–Crippen LogP) is 2.82. The van der Waals surface area contributed by atoms with Gasteiger partial charge in [0.2, 0.25) is 11.8 Å². The van der Waals surface area contributed by atoms with E-state index in [0.717, 1.165) is 44.8 Å². The molecular formula is C29H38N4O3. The van der Waals surface area contributed by atoms with Crippen molar-refractivity contribution >= 4 is 11.8 Å². The van der Waals surface area contributed by atoms with Crippen molar-refractivity contribution in [2.45, 2.75) is 51.4 Å². The van der Waals surface area contributed by atoms with Gasteiger partial charge in [0.1, 0.15) is 11.8 Å². The fourth-order valence-electron chi connectivity index (χ4n) is 5.46. The maximum absolute atomic E-state index is 13.6. The van der Waals surface area contributed by atoms with Crippen molar-refractivity contribution in [3.8, 4) is 5.75 Å². The topological polar surface area (TPSA) is 65.1 Å². The minimum atomic E-state index is -0.368. The summed E-state index contributed by atoms with van der Waals surface area (Å²) in [5, 5.41) is 3.32. The molecule has 3 aliphatic rings. The summed E-state index contributed by atoms with van der Waals surface area (Å²) in [5.41, 5.74) is 3.64. The summed E-state index contributed by atoms with van der Waals surface area (Å²) in [4.78, 5) is 33.3. The number of ether oxygens (including phenoxy) is 1. The smallest absolute Gasteiger partial charge is 0.245 e. The standard InChI is InChI=1S/C29H38N4O3/c1-21-6-8-22(9-7-21)18-32(19-23-4-3-5-26(16-23)36-2)25-17-27(29(35)31-14-12-30-13-15-31)33(20-25)28(34)24-10-11-24/h3-9,16,24-25,27,30H,10-15,17-20H2,1-2H3. The number of nitrogens with one attached hydrogen (secondary N) is 1. The number of piperazine rings is 1. The minimum absolute atomic E-state index is 0.103. The lowest BCUT2D eigenvalue weighted by molar-refractivity contribution is -0.144. The van der Waals surface area contributed by atoms with Crippen LogP contribution in [-0.2, 0) is 22.7 Å². The van der Waals surface area contributed by atoms with E-state index in [2.05, 4.69) is 53.5 Å². The van der Waals surface area contributed by atoms with E-state index >= 15 is 0 Å². The average Bonchev–Trinajstić information content (AvgIpc) is 3.67. The Bertz CT molecular complexity index is 1060. The van der Waals surface area contributed by atoms with E-state index in [4.69, 9.17) is 4.74 Å². The summed E-state index contributed by atoms with van der Waals surface area (Å²) in [6.45, 7) is 7.25. The Labute approximate surface area is 214 Å². The molecule has 192 valence electrons. The summed E-state index contributed by atoms with van der Waals surface area (Å²) in [5.74, 6) is 1.23. The fraction of sp³-hybridized carbons (Fsp3) is 0.517. The lowest BCUT2D eigenvalue weighted by atomic mass is 10.1. The Morgan fingerprint density at radius 2 is 1.72 bits per heavy atom. The van der Waals surface area contributed by atoms with Crippen LogP contribution in [0.4, 0.5) is 0 Å². The molecule has 2 saturated heterocycles. The fourth-order valence-corrected chi connectivity index (χ4v) is 5.46. The molecule has 3 fully saturated rings. The third-order valence-electron chi connectivity index (χ3n) is 7.74. The number of amides is 2. The summed E-state index contributed by atoms with van der Waals surface area (Å²) in [6.07, 6.45) is 2.58. The SMILES string of the molecule is COc1cccc(CN(Cc2ccc(C)cc2)C2CC(C(=O)N3CCNCC3)N(C(=O)C3CC3)C2)c1. The molecule has 0 bridgehead atoms. The van der Waals surface area contributed by atoms with Crippen LogP contribution in [-0.4, -0.2) is 78.4 Å². The Kier molecular flexibility index (Phi) is 7.58. The number of benzene rings is 2. The molecule has 0 aromatic heterocycles. The molecule has 7 nitrogen and oxygen atoms in total. The van der Waals surface area contributed by atoms with Gasteiger partial charge in [-0.2, -0.15) is 0 Å². The Morgan fingerprint density at radius 3 is 2.42 bits per heavy atom. The second-order valence-electron chi connectivity index (χ2n) is 10.5. The molecule has 5 rings (SSSR count). The Hall–Kier alpha value is -2.90. The van der Waals surface area contributed by atoms with Crippen LogP contribution in [0.15, 0.2) is 48.5 Å². The zero-order valence-electron chi connectivity index (χ0n) is 21.5. The molecule has 7 heteroatoms. The highest BCUT2D eigenvalue weighted by molar-refractivity contribution is 5.90. The van der Waals surface area contributed by atoms with Gasteiger partial charge in [-0.25, -0.2) is 0 Å². The van der Waals surface area contributed by atoms with Crippen molar-refractivity contribution in [1.29, 1.82) is 0 Å². The zero-order valence-corrected chi connectivity index (χ0v) is 21.5. The van der Waals surface area contributed by atoms with Crippen molar-refractivity contribution in [2.24, 2.45) is 5.92 Å². The van der Waals surface area contributed by atoms with Gasteiger partial charge in [0.05, 0.1) is 7.11 Å². The predicted molar refractivity (Wildman–Crippen MR) is 139 cm³/mol. The number of hydrogen-bond donors (Lipinski definition) is 1. The Morgan fingerprint density at radius 1 is 1.00 bits per heavy atom. The summed E-state index contributed by atoms with van der Waals surface area (Å²) >= 11 is 0. The number of hydrogen-bond acceptors (Lipinski definition) is 5. The number of methoxy groups -OCH3 is 1. The number of likely N-dealkylation sites (tertiary alicyclic amines) is 1. The quantitative estimate of drug-likeness (QED) is 0.617. The van der Waals surface area contributed by atoms with Gasteiger partial charge >= 0.3 is 0 Å².